The molecular weight excluding hydrogens is 526 g/mol. The van der Waals surface area contributed by atoms with Crippen molar-refractivity contribution in [3.05, 3.63) is 89.5 Å². The molecule has 8 nitrogen and oxygen atoms in total. The maximum absolute atomic E-state index is 13.8. The van der Waals surface area contributed by atoms with E-state index in [4.69, 9.17) is 10.1 Å². The molecule has 2 aliphatic heterocycles. The number of methoxy groups -OCH3 is 1. The molecule has 0 aliphatic carbocycles. The lowest BCUT2D eigenvalue weighted by molar-refractivity contribution is -0.133. The molecule has 3 aromatic rings. The van der Waals surface area contributed by atoms with Gasteiger partial charge in [-0.3, -0.25) is 19.9 Å². The molecule has 220 valence electrons. The highest BCUT2D eigenvalue weighted by atomic mass is 16.5. The molecule has 0 aromatic heterocycles. The lowest BCUT2D eigenvalue weighted by atomic mass is 9.88. The van der Waals surface area contributed by atoms with Crippen LogP contribution in [0.3, 0.4) is 0 Å². The Morgan fingerprint density at radius 3 is 2.55 bits per heavy atom. The third kappa shape index (κ3) is 6.34. The van der Waals surface area contributed by atoms with Gasteiger partial charge in [-0.15, -0.1) is 0 Å². The summed E-state index contributed by atoms with van der Waals surface area (Å²) >= 11 is 0. The van der Waals surface area contributed by atoms with Crippen molar-refractivity contribution in [1.82, 2.24) is 20.4 Å². The Bertz CT molecular complexity index is 1430. The fourth-order valence-electron chi connectivity index (χ4n) is 5.99. The summed E-state index contributed by atoms with van der Waals surface area (Å²) in [5.74, 6) is 1.14. The van der Waals surface area contributed by atoms with Gasteiger partial charge in [0.05, 0.1) is 7.11 Å². The number of hydrogen-bond acceptors (Lipinski definition) is 5. The van der Waals surface area contributed by atoms with Gasteiger partial charge < -0.3 is 20.3 Å². The van der Waals surface area contributed by atoms with Crippen LogP contribution >= 0.6 is 0 Å². The Morgan fingerprint density at radius 1 is 1.07 bits per heavy atom. The summed E-state index contributed by atoms with van der Waals surface area (Å²) in [5, 5.41) is 15.4. The van der Waals surface area contributed by atoms with E-state index in [9.17, 15) is 9.59 Å². The van der Waals surface area contributed by atoms with Crippen LogP contribution in [0.15, 0.2) is 72.8 Å². The second kappa shape index (κ2) is 12.8. The van der Waals surface area contributed by atoms with Crippen molar-refractivity contribution < 1.29 is 14.3 Å². The van der Waals surface area contributed by atoms with E-state index < -0.39 is 5.54 Å². The van der Waals surface area contributed by atoms with Crippen LogP contribution in [0.25, 0.3) is 11.1 Å². The van der Waals surface area contributed by atoms with E-state index in [0.29, 0.717) is 26.2 Å². The van der Waals surface area contributed by atoms with Gasteiger partial charge in [-0.25, -0.2) is 0 Å². The summed E-state index contributed by atoms with van der Waals surface area (Å²) in [6.07, 6.45) is 2.62. The number of guanidine groups is 1. The average molecular weight is 568 g/mol. The Labute approximate surface area is 248 Å². The minimum atomic E-state index is -1.04. The van der Waals surface area contributed by atoms with E-state index in [0.717, 1.165) is 53.8 Å². The number of piperidine rings is 1. The third-order valence-corrected chi connectivity index (χ3v) is 8.63. The van der Waals surface area contributed by atoms with Crippen LogP contribution in [0.5, 0.6) is 5.75 Å². The summed E-state index contributed by atoms with van der Waals surface area (Å²) in [6, 6.07) is 24.6. The molecule has 0 bridgehead atoms. The predicted molar refractivity (Wildman–Crippen MR) is 165 cm³/mol. The van der Waals surface area contributed by atoms with Crippen LogP contribution < -0.4 is 15.4 Å². The minimum absolute atomic E-state index is 0.0923. The zero-order chi connectivity index (χ0) is 29.7. The molecule has 5 rings (SSSR count). The summed E-state index contributed by atoms with van der Waals surface area (Å²) in [7, 11) is 1.67. The molecule has 3 N–H and O–H groups in total. The van der Waals surface area contributed by atoms with Crippen LogP contribution in [0.4, 0.5) is 0 Å². The molecule has 2 aliphatic rings. The van der Waals surface area contributed by atoms with Gasteiger partial charge in [0.1, 0.15) is 11.3 Å². The van der Waals surface area contributed by atoms with Crippen LogP contribution in [-0.2, 0) is 28.1 Å². The summed E-state index contributed by atoms with van der Waals surface area (Å²) in [5.41, 5.74) is 4.25. The van der Waals surface area contributed by atoms with E-state index in [1.54, 1.807) is 18.9 Å². The van der Waals surface area contributed by atoms with Gasteiger partial charge in [0.2, 0.25) is 5.91 Å². The van der Waals surface area contributed by atoms with Gasteiger partial charge >= 0.3 is 0 Å². The van der Waals surface area contributed by atoms with Crippen molar-refractivity contribution in [2.45, 2.75) is 45.2 Å². The van der Waals surface area contributed by atoms with Gasteiger partial charge in [-0.05, 0) is 84.7 Å². The molecule has 2 amide bonds. The fraction of sp³-hybridized carbons (Fsp3) is 0.382. The molecule has 42 heavy (non-hydrogen) atoms. The summed E-state index contributed by atoms with van der Waals surface area (Å²) < 4.78 is 5.56. The predicted octanol–water partition coefficient (Wildman–Crippen LogP) is 4.53. The largest absolute Gasteiger partial charge is 0.497 e. The number of nitrogens with zero attached hydrogens (tertiary/aromatic N) is 2. The Balaban J connectivity index is 1.32. The fourth-order valence-corrected chi connectivity index (χ4v) is 5.99. The standard InChI is InChI=1S/C34H41N5O3/c1-24(40)38-18-15-26(16-19-38)23-39-32(41)34(2,37-33(39)35)29-11-7-10-27(20-29)31-21-30(42-3)13-12-28(31)22-36-17-14-25-8-5-4-6-9-25/h4-13,20-21,26,36H,14-19,22-23H2,1-3H3,(H2,35,37). The molecular formula is C34H41N5O3. The van der Waals surface area contributed by atoms with Crippen molar-refractivity contribution in [2.75, 3.05) is 33.3 Å². The second-order valence-electron chi connectivity index (χ2n) is 11.5. The van der Waals surface area contributed by atoms with Crippen LogP contribution in [-0.4, -0.2) is 60.9 Å². The zero-order valence-corrected chi connectivity index (χ0v) is 24.8. The lowest BCUT2D eigenvalue weighted by Gasteiger charge is -2.33. The first kappa shape index (κ1) is 29.3. The molecule has 1 unspecified atom stereocenters. The summed E-state index contributed by atoms with van der Waals surface area (Å²) in [6.45, 7) is 6.90. The lowest BCUT2D eigenvalue weighted by Crippen LogP contribution is -2.43. The Morgan fingerprint density at radius 2 is 1.83 bits per heavy atom. The summed E-state index contributed by atoms with van der Waals surface area (Å²) in [4.78, 5) is 29.0. The molecule has 0 radical (unpaired) electrons. The normalized spacial score (nSPS) is 19.2. The van der Waals surface area contributed by atoms with Crippen molar-refractivity contribution in [1.29, 1.82) is 5.41 Å². The molecule has 2 saturated heterocycles. The van der Waals surface area contributed by atoms with Gasteiger partial charge in [0.25, 0.3) is 5.91 Å². The number of rotatable bonds is 10. The number of benzene rings is 3. The second-order valence-corrected chi connectivity index (χ2v) is 11.5. The van der Waals surface area contributed by atoms with E-state index in [-0.39, 0.29) is 23.7 Å². The third-order valence-electron chi connectivity index (χ3n) is 8.63. The highest BCUT2D eigenvalue weighted by Gasteiger charge is 2.47. The molecule has 2 fully saturated rings. The monoisotopic (exact) mass is 567 g/mol. The maximum atomic E-state index is 13.8. The smallest absolute Gasteiger partial charge is 0.259 e. The number of carbonyl (C=O) groups is 2. The highest BCUT2D eigenvalue weighted by Crippen LogP contribution is 2.35. The van der Waals surface area contributed by atoms with Gasteiger partial charge in [-0.1, -0.05) is 54.6 Å². The first-order valence-electron chi connectivity index (χ1n) is 14.7. The average Bonchev–Trinajstić information content (AvgIpc) is 3.23. The molecule has 1 atom stereocenters. The molecule has 0 saturated carbocycles. The number of likely N-dealkylation sites (tertiary alicyclic amines) is 1. The Kier molecular flexibility index (Phi) is 8.92. The van der Waals surface area contributed by atoms with Crippen LogP contribution in [0, 0.1) is 11.3 Å². The zero-order valence-electron chi connectivity index (χ0n) is 24.8. The maximum Gasteiger partial charge on any atom is 0.259 e. The van der Waals surface area contributed by atoms with Gasteiger partial charge in [0, 0.05) is 33.1 Å². The first-order valence-corrected chi connectivity index (χ1v) is 14.7. The van der Waals surface area contributed by atoms with E-state index >= 15 is 0 Å². The van der Waals surface area contributed by atoms with Crippen LogP contribution in [0.2, 0.25) is 0 Å². The number of ether oxygens (including phenoxy) is 1. The SMILES string of the molecule is COc1ccc(CNCCc2ccccc2)c(-c2cccc(C3(C)NC(=N)N(CC4CCN(C(C)=O)CC4)C3=O)c2)c1. The Hall–Kier alpha value is -4.17. The molecule has 2 heterocycles. The number of nitrogens with one attached hydrogen (secondary N) is 3. The van der Waals surface area contributed by atoms with Gasteiger partial charge in [-0.2, -0.15) is 0 Å². The van der Waals surface area contributed by atoms with Crippen molar-refractivity contribution in [3.63, 3.8) is 0 Å². The van der Waals surface area contributed by atoms with Crippen molar-refractivity contribution in [3.8, 4) is 16.9 Å². The quantitative estimate of drug-likeness (QED) is 0.313. The van der Waals surface area contributed by atoms with Crippen LogP contribution in [0.1, 0.15) is 43.4 Å². The van der Waals surface area contributed by atoms with E-state index in [1.165, 1.54) is 5.56 Å². The molecule has 8 heteroatoms. The highest BCUT2D eigenvalue weighted by molar-refractivity contribution is 6.08. The first-order chi connectivity index (χ1) is 20.3. The molecule has 0 spiro atoms. The minimum Gasteiger partial charge on any atom is -0.497 e. The number of amides is 2. The van der Waals surface area contributed by atoms with Gasteiger partial charge in [0.15, 0.2) is 5.96 Å². The van der Waals surface area contributed by atoms with Crippen molar-refractivity contribution in [2.24, 2.45) is 5.92 Å². The number of carbonyl (C=O) groups excluding carboxylic acids is 2. The topological polar surface area (TPSA) is 97.8 Å². The van der Waals surface area contributed by atoms with Crippen molar-refractivity contribution >= 4 is 17.8 Å². The number of hydrogen-bond donors (Lipinski definition) is 3. The van der Waals surface area contributed by atoms with E-state index in [1.807, 2.05) is 42.2 Å². The van der Waals surface area contributed by atoms with E-state index in [2.05, 4.69) is 53.1 Å². The molecule has 3 aromatic carbocycles.